The van der Waals surface area contributed by atoms with Crippen molar-refractivity contribution in [3.8, 4) is 21.9 Å². The topological polar surface area (TPSA) is 85.3 Å². The van der Waals surface area contributed by atoms with Crippen molar-refractivity contribution in [3.05, 3.63) is 81.8 Å². The molecule has 1 N–H and O–H groups in total. The zero-order valence-corrected chi connectivity index (χ0v) is 20.4. The molecule has 0 bridgehead atoms. The van der Waals surface area contributed by atoms with E-state index in [1.807, 2.05) is 38.1 Å². The number of carbonyl (C=O) groups excluding carboxylic acids is 1. The highest BCUT2D eigenvalue weighted by Gasteiger charge is 2.13. The Kier molecular flexibility index (Phi) is 5.95. The zero-order valence-electron chi connectivity index (χ0n) is 18.0. The van der Waals surface area contributed by atoms with Gasteiger partial charge in [-0.1, -0.05) is 40.6 Å². The van der Waals surface area contributed by atoms with Gasteiger partial charge in [0.05, 0.1) is 10.0 Å². The lowest BCUT2D eigenvalue weighted by Crippen LogP contribution is -2.08. The molecule has 0 radical (unpaired) electrons. The molecule has 2 aromatic carbocycles. The zero-order chi connectivity index (χ0) is 23.8. The monoisotopic (exact) mass is 509 g/mol. The van der Waals surface area contributed by atoms with Crippen LogP contribution in [0.3, 0.4) is 0 Å². The van der Waals surface area contributed by atoms with Crippen LogP contribution in [-0.2, 0) is 4.79 Å². The summed E-state index contributed by atoms with van der Waals surface area (Å²) in [5, 5.41) is 17.3. The third-order valence-corrected chi connectivity index (χ3v) is 6.89. The highest BCUT2D eigenvalue weighted by molar-refractivity contribution is 7.19. The summed E-state index contributed by atoms with van der Waals surface area (Å²) >= 11 is 13.8. The number of fused-ring (bicyclic) bond motifs is 1. The summed E-state index contributed by atoms with van der Waals surface area (Å²) in [5.41, 5.74) is 3.26. The molecule has 0 aliphatic heterocycles. The Morgan fingerprint density at radius 2 is 1.97 bits per heavy atom. The van der Waals surface area contributed by atoms with E-state index in [0.717, 1.165) is 26.9 Å². The maximum absolute atomic E-state index is 12.5. The van der Waals surface area contributed by atoms with Crippen molar-refractivity contribution in [3.63, 3.8) is 0 Å². The summed E-state index contributed by atoms with van der Waals surface area (Å²) in [5.74, 6) is 1.56. The quantitative estimate of drug-likeness (QED) is 0.266. The van der Waals surface area contributed by atoms with Crippen LogP contribution < -0.4 is 5.32 Å². The van der Waals surface area contributed by atoms with Crippen molar-refractivity contribution in [1.29, 1.82) is 0 Å². The smallest absolute Gasteiger partial charge is 0.248 e. The molecule has 0 aliphatic rings. The minimum atomic E-state index is -0.274. The Morgan fingerprint density at radius 3 is 2.76 bits per heavy atom. The van der Waals surface area contributed by atoms with Crippen LogP contribution in [-0.4, -0.2) is 25.7 Å². The van der Waals surface area contributed by atoms with Gasteiger partial charge in [-0.3, -0.25) is 4.79 Å². The number of benzene rings is 2. The number of halogens is 2. The summed E-state index contributed by atoms with van der Waals surface area (Å²) < 4.78 is 7.51. The minimum Gasteiger partial charge on any atom is -0.457 e. The van der Waals surface area contributed by atoms with E-state index in [0.29, 0.717) is 32.8 Å². The number of carbonyl (C=O) groups is 1. The van der Waals surface area contributed by atoms with E-state index >= 15 is 0 Å². The second-order valence-electron chi connectivity index (χ2n) is 7.50. The Morgan fingerprint density at radius 1 is 1.12 bits per heavy atom. The lowest BCUT2D eigenvalue weighted by atomic mass is 10.1. The van der Waals surface area contributed by atoms with Crippen molar-refractivity contribution < 1.29 is 9.21 Å². The van der Waals surface area contributed by atoms with E-state index < -0.39 is 0 Å². The molecular formula is C24H17Cl2N5O2S. The number of rotatable bonds is 5. The van der Waals surface area contributed by atoms with Crippen molar-refractivity contribution in [2.45, 2.75) is 13.8 Å². The van der Waals surface area contributed by atoms with E-state index in [9.17, 15) is 4.79 Å². The molecule has 0 spiro atoms. The average molecular weight is 510 g/mol. The van der Waals surface area contributed by atoms with Crippen LogP contribution in [0.25, 0.3) is 32.9 Å². The lowest BCUT2D eigenvalue weighted by Gasteiger charge is -2.07. The second kappa shape index (κ2) is 9.06. The molecule has 10 heteroatoms. The number of amides is 1. The molecule has 0 fully saturated rings. The van der Waals surface area contributed by atoms with Gasteiger partial charge < -0.3 is 9.73 Å². The first-order chi connectivity index (χ1) is 16.4. The molecule has 3 aromatic heterocycles. The van der Waals surface area contributed by atoms with Crippen LogP contribution in [0.15, 0.2) is 59.0 Å². The predicted octanol–water partition coefficient (Wildman–Crippen LogP) is 6.69. The number of furan rings is 1. The molecule has 3 heterocycles. The summed E-state index contributed by atoms with van der Waals surface area (Å²) in [7, 11) is 0. The molecule has 0 aliphatic carbocycles. The minimum absolute atomic E-state index is 0.274. The van der Waals surface area contributed by atoms with Crippen molar-refractivity contribution in [2.24, 2.45) is 0 Å². The first-order valence-corrected chi connectivity index (χ1v) is 11.8. The Labute approximate surface area is 208 Å². The van der Waals surface area contributed by atoms with Crippen LogP contribution in [0.4, 0.5) is 5.69 Å². The van der Waals surface area contributed by atoms with Gasteiger partial charge in [0.2, 0.25) is 10.9 Å². The number of nitrogens with one attached hydrogen (secondary N) is 1. The molecule has 0 atom stereocenters. The van der Waals surface area contributed by atoms with Crippen LogP contribution in [0, 0.1) is 13.8 Å². The first-order valence-electron chi connectivity index (χ1n) is 10.2. The van der Waals surface area contributed by atoms with Gasteiger partial charge in [-0.2, -0.15) is 9.61 Å². The second-order valence-corrected chi connectivity index (χ2v) is 9.25. The molecule has 0 saturated carbocycles. The van der Waals surface area contributed by atoms with Gasteiger partial charge in [-0.05, 0) is 68.0 Å². The summed E-state index contributed by atoms with van der Waals surface area (Å²) in [4.78, 5) is 13.2. The summed E-state index contributed by atoms with van der Waals surface area (Å²) in [6, 6.07) is 14.6. The number of nitrogens with zero attached hydrogens (tertiary/aromatic N) is 4. The molecule has 7 nitrogen and oxygen atoms in total. The molecule has 5 rings (SSSR count). The number of aromatic nitrogens is 4. The first kappa shape index (κ1) is 22.3. The number of hydrogen-bond acceptors (Lipinski definition) is 6. The van der Waals surface area contributed by atoms with Crippen LogP contribution >= 0.6 is 34.5 Å². The van der Waals surface area contributed by atoms with Crippen molar-refractivity contribution in [2.75, 3.05) is 5.32 Å². The normalized spacial score (nSPS) is 11.5. The fourth-order valence-corrected chi connectivity index (χ4v) is 4.66. The standard InChI is InChI=1S/C24H17Cl2N5O2S/c1-13-12-15(23-30-31-14(2)28-29-24(31)34-23)6-9-19(13)27-21(32)11-8-16-7-10-20(33-16)17-4-3-5-18(25)22(17)26/h3-12H,1-2H3,(H,27,32). The van der Waals surface area contributed by atoms with Crippen LogP contribution in [0.1, 0.15) is 17.1 Å². The van der Waals surface area contributed by atoms with Gasteiger partial charge in [0.1, 0.15) is 16.5 Å². The molecule has 0 saturated heterocycles. The lowest BCUT2D eigenvalue weighted by molar-refractivity contribution is -0.111. The third kappa shape index (κ3) is 4.35. The average Bonchev–Trinajstić information content (AvgIpc) is 3.53. The Balaban J connectivity index is 1.28. The van der Waals surface area contributed by atoms with Crippen LogP contribution in [0.2, 0.25) is 10.0 Å². The third-order valence-electron chi connectivity index (χ3n) is 5.12. The maximum atomic E-state index is 12.5. The number of anilines is 1. The van der Waals surface area contributed by atoms with Gasteiger partial charge in [-0.25, -0.2) is 0 Å². The number of aryl methyl sites for hydroxylation is 2. The van der Waals surface area contributed by atoms with E-state index in [2.05, 4.69) is 20.6 Å². The van der Waals surface area contributed by atoms with Gasteiger partial charge in [0.15, 0.2) is 5.82 Å². The molecule has 170 valence electrons. The molecular weight excluding hydrogens is 493 g/mol. The Hall–Kier alpha value is -3.46. The van der Waals surface area contributed by atoms with Crippen molar-refractivity contribution in [1.82, 2.24) is 19.8 Å². The summed E-state index contributed by atoms with van der Waals surface area (Å²) in [6.07, 6.45) is 3.02. The van der Waals surface area contributed by atoms with Crippen LogP contribution in [0.5, 0.6) is 0 Å². The fourth-order valence-electron chi connectivity index (χ4n) is 3.38. The fraction of sp³-hybridized carbons (Fsp3) is 0.0833. The SMILES string of the molecule is Cc1cc(-c2nn3c(C)nnc3s2)ccc1NC(=O)C=Cc1ccc(-c2cccc(Cl)c2Cl)o1. The van der Waals surface area contributed by atoms with E-state index in [4.69, 9.17) is 27.6 Å². The highest BCUT2D eigenvalue weighted by Crippen LogP contribution is 2.34. The van der Waals surface area contributed by atoms with E-state index in [1.165, 1.54) is 17.4 Å². The number of hydrogen-bond donors (Lipinski definition) is 1. The van der Waals surface area contributed by atoms with Gasteiger partial charge in [0.25, 0.3) is 0 Å². The predicted molar refractivity (Wildman–Crippen MR) is 135 cm³/mol. The van der Waals surface area contributed by atoms with Gasteiger partial charge in [-0.15, -0.1) is 10.2 Å². The molecule has 34 heavy (non-hydrogen) atoms. The Bertz CT molecular complexity index is 1570. The molecule has 0 unspecified atom stereocenters. The van der Waals surface area contributed by atoms with Crippen molar-refractivity contribution >= 4 is 57.2 Å². The summed E-state index contributed by atoms with van der Waals surface area (Å²) in [6.45, 7) is 3.79. The molecule has 1 amide bonds. The largest absolute Gasteiger partial charge is 0.457 e. The highest BCUT2D eigenvalue weighted by atomic mass is 35.5. The maximum Gasteiger partial charge on any atom is 0.248 e. The van der Waals surface area contributed by atoms with E-state index in [1.54, 1.807) is 34.9 Å². The van der Waals surface area contributed by atoms with E-state index in [-0.39, 0.29) is 5.91 Å². The van der Waals surface area contributed by atoms with Gasteiger partial charge >= 0.3 is 0 Å². The van der Waals surface area contributed by atoms with Gasteiger partial charge in [0, 0.05) is 22.9 Å². The molecule has 5 aromatic rings.